The van der Waals surface area contributed by atoms with E-state index in [0.29, 0.717) is 11.4 Å². The van der Waals surface area contributed by atoms with Crippen LogP contribution < -0.4 is 10.9 Å². The number of hydrogen-bond acceptors (Lipinski definition) is 3. The molecule has 0 bridgehead atoms. The van der Waals surface area contributed by atoms with E-state index in [1.165, 1.54) is 18.5 Å². The summed E-state index contributed by atoms with van der Waals surface area (Å²) in [4.78, 5) is 26.8. The van der Waals surface area contributed by atoms with Crippen molar-refractivity contribution in [3.05, 3.63) is 70.8 Å². The maximum Gasteiger partial charge on any atom is 0.261 e. The van der Waals surface area contributed by atoms with Crippen molar-refractivity contribution in [1.29, 1.82) is 0 Å². The van der Waals surface area contributed by atoms with Gasteiger partial charge in [0.2, 0.25) is 0 Å². The molecule has 2 heterocycles. The fourth-order valence-corrected chi connectivity index (χ4v) is 1.96. The number of anilines is 1. The molecule has 21 heavy (non-hydrogen) atoms. The number of amides is 1. The van der Waals surface area contributed by atoms with E-state index in [0.717, 1.165) is 5.56 Å². The van der Waals surface area contributed by atoms with Crippen LogP contribution in [-0.2, 0) is 0 Å². The third kappa shape index (κ3) is 2.74. The highest BCUT2D eigenvalue weighted by Crippen LogP contribution is 2.15. The summed E-state index contributed by atoms with van der Waals surface area (Å²) >= 11 is 0. The highest BCUT2D eigenvalue weighted by molar-refractivity contribution is 6.03. The lowest BCUT2D eigenvalue weighted by Crippen LogP contribution is -2.23. The van der Waals surface area contributed by atoms with E-state index in [1.54, 1.807) is 6.07 Å². The SMILES string of the molecule is O=C(Nc1cn[nH]c1)c1ccc(-c2ccccc2)[nH]c1=O. The highest BCUT2D eigenvalue weighted by Gasteiger charge is 2.12. The second-order valence-electron chi connectivity index (χ2n) is 4.42. The summed E-state index contributed by atoms with van der Waals surface area (Å²) in [5.41, 5.74) is 1.68. The van der Waals surface area contributed by atoms with E-state index >= 15 is 0 Å². The Morgan fingerprint density at radius 1 is 1.10 bits per heavy atom. The van der Waals surface area contributed by atoms with Crippen molar-refractivity contribution < 1.29 is 4.79 Å². The van der Waals surface area contributed by atoms with Crippen LogP contribution in [-0.4, -0.2) is 21.1 Å². The number of nitrogens with zero attached hydrogens (tertiary/aromatic N) is 1. The van der Waals surface area contributed by atoms with Crippen LogP contribution in [0.25, 0.3) is 11.3 Å². The Kier molecular flexibility index (Phi) is 3.34. The van der Waals surface area contributed by atoms with Gasteiger partial charge >= 0.3 is 0 Å². The van der Waals surface area contributed by atoms with Gasteiger partial charge < -0.3 is 10.3 Å². The maximum atomic E-state index is 12.0. The first-order chi connectivity index (χ1) is 10.2. The smallest absolute Gasteiger partial charge is 0.261 e. The molecule has 0 spiro atoms. The Hall–Kier alpha value is -3.15. The average Bonchev–Trinajstić information content (AvgIpc) is 3.01. The van der Waals surface area contributed by atoms with Crippen molar-refractivity contribution in [2.45, 2.75) is 0 Å². The summed E-state index contributed by atoms with van der Waals surface area (Å²) in [5.74, 6) is -0.475. The quantitative estimate of drug-likeness (QED) is 0.685. The van der Waals surface area contributed by atoms with Crippen LogP contribution in [0.4, 0.5) is 5.69 Å². The zero-order chi connectivity index (χ0) is 14.7. The first-order valence-electron chi connectivity index (χ1n) is 6.33. The minimum atomic E-state index is -0.475. The Bertz CT molecular complexity index is 807. The van der Waals surface area contributed by atoms with Gasteiger partial charge in [-0.15, -0.1) is 0 Å². The molecule has 1 aromatic carbocycles. The molecule has 0 radical (unpaired) electrons. The number of H-pyrrole nitrogens is 2. The molecule has 6 heteroatoms. The summed E-state index contributed by atoms with van der Waals surface area (Å²) in [7, 11) is 0. The summed E-state index contributed by atoms with van der Waals surface area (Å²) in [5, 5.41) is 8.89. The molecule has 0 saturated carbocycles. The first-order valence-corrected chi connectivity index (χ1v) is 6.33. The molecule has 0 aliphatic heterocycles. The average molecular weight is 280 g/mol. The number of aromatic amines is 2. The van der Waals surface area contributed by atoms with E-state index in [1.807, 2.05) is 30.3 Å². The number of nitrogens with one attached hydrogen (secondary N) is 3. The molecule has 3 N–H and O–H groups in total. The largest absolute Gasteiger partial charge is 0.321 e. The van der Waals surface area contributed by atoms with Crippen LogP contribution in [0.15, 0.2) is 59.7 Å². The van der Waals surface area contributed by atoms with E-state index in [9.17, 15) is 9.59 Å². The van der Waals surface area contributed by atoms with Gasteiger partial charge in [-0.1, -0.05) is 30.3 Å². The van der Waals surface area contributed by atoms with Gasteiger partial charge in [0, 0.05) is 11.9 Å². The van der Waals surface area contributed by atoms with Gasteiger partial charge in [0.25, 0.3) is 11.5 Å². The normalized spacial score (nSPS) is 10.3. The molecule has 0 unspecified atom stereocenters. The predicted octanol–water partition coefficient (Wildman–Crippen LogP) is 2.02. The Labute approximate surface area is 119 Å². The lowest BCUT2D eigenvalue weighted by atomic mass is 10.1. The van der Waals surface area contributed by atoms with Crippen molar-refractivity contribution in [1.82, 2.24) is 15.2 Å². The third-order valence-corrected chi connectivity index (χ3v) is 3.00. The van der Waals surface area contributed by atoms with Crippen LogP contribution >= 0.6 is 0 Å². The molecule has 0 aliphatic rings. The molecule has 1 amide bonds. The molecule has 104 valence electrons. The number of pyridine rings is 1. The number of benzene rings is 1. The second-order valence-corrected chi connectivity index (χ2v) is 4.42. The molecule has 2 aromatic heterocycles. The Balaban J connectivity index is 1.88. The van der Waals surface area contributed by atoms with Crippen LogP contribution in [0.3, 0.4) is 0 Å². The monoisotopic (exact) mass is 280 g/mol. The molecule has 0 fully saturated rings. The van der Waals surface area contributed by atoms with Gasteiger partial charge in [-0.3, -0.25) is 14.7 Å². The van der Waals surface area contributed by atoms with E-state index in [4.69, 9.17) is 0 Å². The summed E-state index contributed by atoms with van der Waals surface area (Å²) in [6, 6.07) is 12.7. The maximum absolute atomic E-state index is 12.0. The summed E-state index contributed by atoms with van der Waals surface area (Å²) in [6.45, 7) is 0. The van der Waals surface area contributed by atoms with Crippen LogP contribution in [0.2, 0.25) is 0 Å². The minimum Gasteiger partial charge on any atom is -0.321 e. The fraction of sp³-hybridized carbons (Fsp3) is 0. The molecule has 0 atom stereocenters. The summed E-state index contributed by atoms with van der Waals surface area (Å²) < 4.78 is 0. The van der Waals surface area contributed by atoms with E-state index in [-0.39, 0.29) is 5.56 Å². The predicted molar refractivity (Wildman–Crippen MR) is 79.0 cm³/mol. The van der Waals surface area contributed by atoms with Gasteiger partial charge in [-0.2, -0.15) is 5.10 Å². The lowest BCUT2D eigenvalue weighted by Gasteiger charge is -2.04. The standard InChI is InChI=1S/C15H12N4O2/c20-14(18-11-8-16-17-9-11)12-6-7-13(19-15(12)21)10-4-2-1-3-5-10/h1-9H,(H,16,17)(H,18,20)(H,19,21). The van der Waals surface area contributed by atoms with Crippen molar-refractivity contribution in [3.8, 4) is 11.3 Å². The second kappa shape index (κ2) is 5.46. The van der Waals surface area contributed by atoms with Crippen LogP contribution in [0.1, 0.15) is 10.4 Å². The van der Waals surface area contributed by atoms with Crippen molar-refractivity contribution >= 4 is 11.6 Å². The Morgan fingerprint density at radius 2 is 1.90 bits per heavy atom. The third-order valence-electron chi connectivity index (χ3n) is 3.00. The number of carbonyl (C=O) groups excluding carboxylic acids is 1. The molecule has 0 saturated heterocycles. The number of hydrogen-bond donors (Lipinski definition) is 3. The van der Waals surface area contributed by atoms with Crippen LogP contribution in [0, 0.1) is 0 Å². The van der Waals surface area contributed by atoms with Crippen LogP contribution in [0.5, 0.6) is 0 Å². The molecule has 3 rings (SSSR count). The van der Waals surface area contributed by atoms with Gasteiger partial charge in [-0.25, -0.2) is 0 Å². The molecule has 6 nitrogen and oxygen atoms in total. The molecule has 3 aromatic rings. The molecular formula is C15H12N4O2. The number of carbonyl (C=O) groups is 1. The Morgan fingerprint density at radius 3 is 2.57 bits per heavy atom. The minimum absolute atomic E-state index is 0.0517. The summed E-state index contributed by atoms with van der Waals surface area (Å²) in [6.07, 6.45) is 2.99. The number of rotatable bonds is 3. The van der Waals surface area contributed by atoms with Crippen molar-refractivity contribution in [2.75, 3.05) is 5.32 Å². The molecule has 0 aliphatic carbocycles. The van der Waals surface area contributed by atoms with Gasteiger partial charge in [0.05, 0.1) is 11.9 Å². The molecular weight excluding hydrogens is 268 g/mol. The lowest BCUT2D eigenvalue weighted by molar-refractivity contribution is 0.102. The number of aromatic nitrogens is 3. The van der Waals surface area contributed by atoms with Crippen molar-refractivity contribution in [2.24, 2.45) is 0 Å². The topological polar surface area (TPSA) is 90.6 Å². The van der Waals surface area contributed by atoms with Gasteiger partial charge in [-0.05, 0) is 17.7 Å². The van der Waals surface area contributed by atoms with Crippen molar-refractivity contribution in [3.63, 3.8) is 0 Å². The zero-order valence-corrected chi connectivity index (χ0v) is 11.0. The first kappa shape index (κ1) is 12.9. The van der Waals surface area contributed by atoms with E-state index in [2.05, 4.69) is 20.5 Å². The van der Waals surface area contributed by atoms with E-state index < -0.39 is 11.5 Å². The highest BCUT2D eigenvalue weighted by atomic mass is 16.2. The van der Waals surface area contributed by atoms with Gasteiger partial charge in [0.15, 0.2) is 0 Å². The van der Waals surface area contributed by atoms with Gasteiger partial charge in [0.1, 0.15) is 5.56 Å². The zero-order valence-electron chi connectivity index (χ0n) is 11.0. The fourth-order valence-electron chi connectivity index (χ4n) is 1.96.